The lowest BCUT2D eigenvalue weighted by Gasteiger charge is -2.16. The van der Waals surface area contributed by atoms with Gasteiger partial charge in [0.1, 0.15) is 12.3 Å². The molecule has 1 aliphatic rings. The number of halogens is 3. The highest BCUT2D eigenvalue weighted by atomic mass is 19.4. The molecule has 0 aromatic heterocycles. The third-order valence-corrected chi connectivity index (χ3v) is 1.56. The van der Waals surface area contributed by atoms with Crippen LogP contribution in [0.2, 0.25) is 0 Å². The number of hydrogen-bond acceptors (Lipinski definition) is 3. The van der Waals surface area contributed by atoms with Crippen molar-refractivity contribution in [2.45, 2.75) is 18.8 Å². The Kier molecular flexibility index (Phi) is 3.46. The summed E-state index contributed by atoms with van der Waals surface area (Å²) in [6, 6.07) is 0. The highest BCUT2D eigenvalue weighted by Crippen LogP contribution is 2.18. The number of carboxylic acids is 1. The molecule has 1 N–H and O–H groups in total. The minimum atomic E-state index is -4.43. The van der Waals surface area contributed by atoms with E-state index < -0.39 is 25.0 Å². The molecule has 7 heteroatoms. The topological polar surface area (TPSA) is 58.9 Å². The van der Waals surface area contributed by atoms with Gasteiger partial charge in [0.2, 0.25) is 0 Å². The van der Waals surface area contributed by atoms with Crippen LogP contribution in [0.5, 0.6) is 0 Å². The smallest absolute Gasteiger partial charge is 0.411 e. The molecule has 84 valence electrons. The fourth-order valence-electron chi connectivity index (χ4n) is 0.969. The summed E-state index contributed by atoms with van der Waals surface area (Å²) >= 11 is 0. The first kappa shape index (κ1) is 11.7. The summed E-state index contributed by atoms with van der Waals surface area (Å²) in [5.41, 5.74) is -0.298. The lowest BCUT2D eigenvalue weighted by Crippen LogP contribution is -2.25. The van der Waals surface area contributed by atoms with Crippen LogP contribution in [0.15, 0.2) is 17.1 Å². The predicted molar refractivity (Wildman–Crippen MR) is 44.6 cm³/mol. The summed E-state index contributed by atoms with van der Waals surface area (Å²) < 4.78 is 39.7. The van der Waals surface area contributed by atoms with Crippen LogP contribution < -0.4 is 0 Å². The van der Waals surface area contributed by atoms with Gasteiger partial charge in [-0.25, -0.2) is 9.79 Å². The Morgan fingerprint density at radius 1 is 1.67 bits per heavy atom. The van der Waals surface area contributed by atoms with E-state index in [0.29, 0.717) is 0 Å². The summed E-state index contributed by atoms with van der Waals surface area (Å²) in [5, 5.41) is 8.52. The molecule has 1 heterocycles. The number of ether oxygens (including phenoxy) is 1. The molecule has 0 aliphatic carbocycles. The quantitative estimate of drug-likeness (QED) is 0.786. The standard InChI is InChI=1S/C8H8F3NO3/c9-8(10,11)4-15-6-3-1-2-5(12-6)7(13)14/h1-2,6H,3-4H2,(H,13,14). The molecule has 1 unspecified atom stereocenters. The zero-order chi connectivity index (χ0) is 11.5. The highest BCUT2D eigenvalue weighted by Gasteiger charge is 2.29. The lowest BCUT2D eigenvalue weighted by molar-refractivity contribution is -0.184. The van der Waals surface area contributed by atoms with Crippen LogP contribution in [0.25, 0.3) is 0 Å². The molecule has 1 atom stereocenters. The van der Waals surface area contributed by atoms with Crippen molar-refractivity contribution in [3.05, 3.63) is 12.2 Å². The van der Waals surface area contributed by atoms with Crippen LogP contribution in [0.3, 0.4) is 0 Å². The second-order valence-electron chi connectivity index (χ2n) is 2.84. The molecule has 0 bridgehead atoms. The van der Waals surface area contributed by atoms with Crippen molar-refractivity contribution >= 4 is 11.7 Å². The third-order valence-electron chi connectivity index (χ3n) is 1.56. The van der Waals surface area contributed by atoms with Crippen LogP contribution in [-0.4, -0.2) is 35.8 Å². The van der Waals surface area contributed by atoms with Gasteiger partial charge in [0.25, 0.3) is 0 Å². The molecule has 0 aromatic rings. The van der Waals surface area contributed by atoms with Gasteiger partial charge in [-0.1, -0.05) is 6.08 Å². The maximum atomic E-state index is 11.8. The zero-order valence-electron chi connectivity index (χ0n) is 7.49. The van der Waals surface area contributed by atoms with Gasteiger partial charge in [-0.2, -0.15) is 13.2 Å². The first-order chi connectivity index (χ1) is 6.88. The minimum absolute atomic E-state index is 0.146. The molecular formula is C8H8F3NO3. The van der Waals surface area contributed by atoms with Crippen LogP contribution >= 0.6 is 0 Å². The van der Waals surface area contributed by atoms with Crippen LogP contribution in [-0.2, 0) is 9.53 Å². The normalized spacial score (nSPS) is 21.3. The monoisotopic (exact) mass is 223 g/mol. The summed E-state index contributed by atoms with van der Waals surface area (Å²) in [4.78, 5) is 13.9. The first-order valence-corrected chi connectivity index (χ1v) is 4.04. The minimum Gasteiger partial charge on any atom is -0.477 e. The molecule has 0 radical (unpaired) electrons. The van der Waals surface area contributed by atoms with Crippen LogP contribution in [0.4, 0.5) is 13.2 Å². The number of rotatable bonds is 3. The molecule has 0 fully saturated rings. The predicted octanol–water partition coefficient (Wildman–Crippen LogP) is 1.38. The molecule has 0 amide bonds. The number of alkyl halides is 3. The van der Waals surface area contributed by atoms with Gasteiger partial charge >= 0.3 is 12.1 Å². The molecule has 1 aliphatic heterocycles. The van der Waals surface area contributed by atoms with Crippen molar-refractivity contribution in [1.29, 1.82) is 0 Å². The van der Waals surface area contributed by atoms with E-state index in [9.17, 15) is 18.0 Å². The fraction of sp³-hybridized carbons (Fsp3) is 0.500. The Labute approximate surface area is 83.1 Å². The van der Waals surface area contributed by atoms with E-state index in [4.69, 9.17) is 5.11 Å². The van der Waals surface area contributed by atoms with Crippen molar-refractivity contribution in [2.75, 3.05) is 6.61 Å². The van der Waals surface area contributed by atoms with Gasteiger partial charge in [-0.3, -0.25) is 0 Å². The van der Waals surface area contributed by atoms with Gasteiger partial charge in [0, 0.05) is 6.42 Å². The second-order valence-corrected chi connectivity index (χ2v) is 2.84. The van der Waals surface area contributed by atoms with Crippen molar-refractivity contribution < 1.29 is 27.8 Å². The SMILES string of the molecule is O=C(O)C1=NC(OCC(F)(F)F)CC=C1. The average molecular weight is 223 g/mol. The van der Waals surface area contributed by atoms with Gasteiger partial charge in [-0.15, -0.1) is 0 Å². The number of dihydropyridines is 1. The van der Waals surface area contributed by atoms with Gasteiger partial charge < -0.3 is 9.84 Å². The molecule has 0 aromatic carbocycles. The second kappa shape index (κ2) is 4.43. The molecule has 0 spiro atoms. The first-order valence-electron chi connectivity index (χ1n) is 4.04. The maximum absolute atomic E-state index is 11.8. The van der Waals surface area contributed by atoms with E-state index in [2.05, 4.69) is 9.73 Å². The Morgan fingerprint density at radius 2 is 2.33 bits per heavy atom. The van der Waals surface area contributed by atoms with E-state index >= 15 is 0 Å². The lowest BCUT2D eigenvalue weighted by atomic mass is 10.2. The van der Waals surface area contributed by atoms with Crippen molar-refractivity contribution in [3.8, 4) is 0 Å². The van der Waals surface area contributed by atoms with E-state index in [0.717, 1.165) is 0 Å². The Balaban J connectivity index is 2.52. The van der Waals surface area contributed by atoms with Gasteiger partial charge in [0.05, 0.1) is 0 Å². The van der Waals surface area contributed by atoms with Crippen molar-refractivity contribution in [2.24, 2.45) is 4.99 Å². The average Bonchev–Trinajstić information content (AvgIpc) is 2.14. The Bertz CT molecular complexity index is 309. The van der Waals surface area contributed by atoms with Crippen molar-refractivity contribution in [3.63, 3.8) is 0 Å². The van der Waals surface area contributed by atoms with E-state index in [1.54, 1.807) is 0 Å². The van der Waals surface area contributed by atoms with E-state index in [1.165, 1.54) is 12.2 Å². The number of hydrogen-bond donors (Lipinski definition) is 1. The molecule has 0 saturated heterocycles. The van der Waals surface area contributed by atoms with E-state index in [1.807, 2.05) is 0 Å². The Hall–Kier alpha value is -1.37. The number of carboxylic acid groups (broad SMARTS) is 1. The number of aliphatic imine (C=N–C) groups is 1. The fourth-order valence-corrected chi connectivity index (χ4v) is 0.969. The highest BCUT2D eigenvalue weighted by molar-refractivity contribution is 6.40. The molecule has 1 rings (SSSR count). The molecular weight excluding hydrogens is 215 g/mol. The summed E-state index contributed by atoms with van der Waals surface area (Å²) in [7, 11) is 0. The van der Waals surface area contributed by atoms with Crippen LogP contribution in [0.1, 0.15) is 6.42 Å². The number of nitrogens with zero attached hydrogens (tertiary/aromatic N) is 1. The largest absolute Gasteiger partial charge is 0.477 e. The molecule has 4 nitrogen and oxygen atoms in total. The van der Waals surface area contributed by atoms with E-state index in [-0.39, 0.29) is 12.1 Å². The van der Waals surface area contributed by atoms with Crippen LogP contribution in [0, 0.1) is 0 Å². The molecule has 0 saturated carbocycles. The zero-order valence-corrected chi connectivity index (χ0v) is 7.49. The number of aliphatic carboxylic acids is 1. The maximum Gasteiger partial charge on any atom is 0.411 e. The third kappa shape index (κ3) is 4.11. The van der Waals surface area contributed by atoms with Gasteiger partial charge in [-0.05, 0) is 6.08 Å². The molecule has 15 heavy (non-hydrogen) atoms. The number of carbonyl (C=O) groups is 1. The van der Waals surface area contributed by atoms with Crippen molar-refractivity contribution in [1.82, 2.24) is 0 Å². The summed E-state index contributed by atoms with van der Waals surface area (Å²) in [6.45, 7) is -1.43. The summed E-state index contributed by atoms with van der Waals surface area (Å²) in [6.07, 6.45) is -2.71. The summed E-state index contributed by atoms with van der Waals surface area (Å²) in [5.74, 6) is -1.29. The Morgan fingerprint density at radius 3 is 2.87 bits per heavy atom. The van der Waals surface area contributed by atoms with Gasteiger partial charge in [0.15, 0.2) is 6.23 Å².